The smallest absolute Gasteiger partial charge is 0.255 e. The Bertz CT molecular complexity index is 734. The molecule has 1 saturated heterocycles. The number of benzene rings is 2. The highest BCUT2D eigenvalue weighted by Crippen LogP contribution is 2.22. The molecule has 4 nitrogen and oxygen atoms in total. The van der Waals surface area contributed by atoms with Gasteiger partial charge < -0.3 is 15.0 Å². The van der Waals surface area contributed by atoms with Gasteiger partial charge in [0.1, 0.15) is 0 Å². The molecule has 1 aliphatic rings. The molecule has 3 rings (SSSR count). The lowest BCUT2D eigenvalue weighted by Crippen LogP contribution is -2.43. The van der Waals surface area contributed by atoms with Crippen LogP contribution in [0.4, 0.5) is 20.2 Å². The van der Waals surface area contributed by atoms with Crippen molar-refractivity contribution in [3.8, 4) is 0 Å². The Morgan fingerprint density at radius 1 is 1.17 bits per heavy atom. The minimum atomic E-state index is -1.04. The summed E-state index contributed by atoms with van der Waals surface area (Å²) in [5, 5.41) is 2.67. The van der Waals surface area contributed by atoms with Gasteiger partial charge in [-0.15, -0.1) is 0 Å². The Morgan fingerprint density at radius 2 is 1.92 bits per heavy atom. The molecule has 0 saturated carbocycles. The SMILES string of the molecule is CC1COCCN1c1ccc(NC(=O)c2ccc(F)c(F)c2)cc1. The summed E-state index contributed by atoms with van der Waals surface area (Å²) in [6.07, 6.45) is 0. The van der Waals surface area contributed by atoms with E-state index in [9.17, 15) is 13.6 Å². The quantitative estimate of drug-likeness (QED) is 0.936. The van der Waals surface area contributed by atoms with E-state index in [1.165, 1.54) is 6.07 Å². The molecule has 0 radical (unpaired) electrons. The molecule has 1 aliphatic heterocycles. The molecule has 0 aromatic heterocycles. The van der Waals surface area contributed by atoms with Gasteiger partial charge in [0.25, 0.3) is 5.91 Å². The highest BCUT2D eigenvalue weighted by Gasteiger charge is 2.19. The third kappa shape index (κ3) is 3.54. The fourth-order valence-electron chi connectivity index (χ4n) is 2.69. The number of nitrogens with zero attached hydrogens (tertiary/aromatic N) is 1. The molecular formula is C18H18F2N2O2. The average molecular weight is 332 g/mol. The first kappa shape index (κ1) is 16.4. The molecule has 126 valence electrons. The highest BCUT2D eigenvalue weighted by atomic mass is 19.2. The largest absolute Gasteiger partial charge is 0.377 e. The summed E-state index contributed by atoms with van der Waals surface area (Å²) >= 11 is 0. The van der Waals surface area contributed by atoms with Gasteiger partial charge in [0.15, 0.2) is 11.6 Å². The van der Waals surface area contributed by atoms with Crippen LogP contribution in [0.2, 0.25) is 0 Å². The van der Waals surface area contributed by atoms with Crippen LogP contribution in [0.5, 0.6) is 0 Å². The number of morpholine rings is 1. The van der Waals surface area contributed by atoms with Gasteiger partial charge in [-0.05, 0) is 49.4 Å². The predicted octanol–water partition coefficient (Wildman–Crippen LogP) is 3.44. The second-order valence-electron chi connectivity index (χ2n) is 5.75. The number of amides is 1. The zero-order valence-corrected chi connectivity index (χ0v) is 13.3. The Balaban J connectivity index is 1.69. The van der Waals surface area contributed by atoms with Crippen molar-refractivity contribution < 1.29 is 18.3 Å². The molecule has 1 amide bonds. The van der Waals surface area contributed by atoms with Crippen LogP contribution in [0.3, 0.4) is 0 Å². The van der Waals surface area contributed by atoms with Gasteiger partial charge in [-0.3, -0.25) is 4.79 Å². The number of carbonyl (C=O) groups is 1. The van der Waals surface area contributed by atoms with E-state index in [1.807, 2.05) is 12.1 Å². The van der Waals surface area contributed by atoms with Gasteiger partial charge in [0.05, 0.1) is 13.2 Å². The molecule has 2 aromatic rings. The molecule has 2 aromatic carbocycles. The Kier molecular flexibility index (Phi) is 4.76. The minimum absolute atomic E-state index is 0.0692. The monoisotopic (exact) mass is 332 g/mol. The number of anilines is 2. The van der Waals surface area contributed by atoms with E-state index in [4.69, 9.17) is 4.74 Å². The maximum atomic E-state index is 13.2. The maximum absolute atomic E-state index is 13.2. The molecule has 0 bridgehead atoms. The van der Waals surface area contributed by atoms with E-state index in [-0.39, 0.29) is 5.56 Å². The first-order valence-electron chi connectivity index (χ1n) is 7.75. The van der Waals surface area contributed by atoms with E-state index in [0.29, 0.717) is 24.9 Å². The molecule has 1 atom stereocenters. The van der Waals surface area contributed by atoms with Crippen molar-refractivity contribution in [3.05, 3.63) is 59.7 Å². The molecule has 6 heteroatoms. The van der Waals surface area contributed by atoms with E-state index in [2.05, 4.69) is 17.1 Å². The van der Waals surface area contributed by atoms with Gasteiger partial charge in [-0.1, -0.05) is 0 Å². The predicted molar refractivity (Wildman–Crippen MR) is 88.4 cm³/mol. The molecule has 24 heavy (non-hydrogen) atoms. The zero-order chi connectivity index (χ0) is 17.1. The van der Waals surface area contributed by atoms with Gasteiger partial charge in [-0.25, -0.2) is 8.78 Å². The summed E-state index contributed by atoms with van der Waals surface area (Å²) in [7, 11) is 0. The van der Waals surface area contributed by atoms with E-state index < -0.39 is 17.5 Å². The first-order valence-corrected chi connectivity index (χ1v) is 7.75. The van der Waals surface area contributed by atoms with Gasteiger partial charge in [0.2, 0.25) is 0 Å². The van der Waals surface area contributed by atoms with Crippen LogP contribution in [-0.4, -0.2) is 31.7 Å². The van der Waals surface area contributed by atoms with Crippen molar-refractivity contribution in [2.75, 3.05) is 30.0 Å². The second kappa shape index (κ2) is 6.97. The maximum Gasteiger partial charge on any atom is 0.255 e. The molecule has 0 aliphatic carbocycles. The molecule has 1 unspecified atom stereocenters. The number of nitrogens with one attached hydrogen (secondary N) is 1. The number of hydrogen-bond acceptors (Lipinski definition) is 3. The van der Waals surface area contributed by atoms with Crippen molar-refractivity contribution in [2.45, 2.75) is 13.0 Å². The second-order valence-corrected chi connectivity index (χ2v) is 5.75. The van der Waals surface area contributed by atoms with Crippen LogP contribution in [0.25, 0.3) is 0 Å². The van der Waals surface area contributed by atoms with Crippen LogP contribution in [-0.2, 0) is 4.74 Å². The fraction of sp³-hybridized carbons (Fsp3) is 0.278. The summed E-state index contributed by atoms with van der Waals surface area (Å²) < 4.78 is 31.5. The van der Waals surface area contributed by atoms with Gasteiger partial charge in [-0.2, -0.15) is 0 Å². The Labute approximate surface area is 139 Å². The van der Waals surface area contributed by atoms with E-state index in [0.717, 1.165) is 24.4 Å². The lowest BCUT2D eigenvalue weighted by molar-refractivity contribution is 0.0989. The van der Waals surface area contributed by atoms with Gasteiger partial charge in [0, 0.05) is 29.5 Å². The number of ether oxygens (including phenoxy) is 1. The molecular weight excluding hydrogens is 314 g/mol. The molecule has 1 heterocycles. The number of halogens is 2. The van der Waals surface area contributed by atoms with Gasteiger partial charge >= 0.3 is 0 Å². The van der Waals surface area contributed by atoms with Crippen LogP contribution >= 0.6 is 0 Å². The summed E-state index contributed by atoms with van der Waals surface area (Å²) in [5.74, 6) is -2.50. The standard InChI is InChI=1S/C18H18F2N2O2/c1-12-11-24-9-8-22(12)15-5-3-14(4-6-15)21-18(23)13-2-7-16(19)17(20)10-13/h2-7,10,12H,8-9,11H2,1H3,(H,21,23). The first-order chi connectivity index (χ1) is 11.5. The normalized spacial score (nSPS) is 17.6. The lowest BCUT2D eigenvalue weighted by atomic mass is 10.1. The molecule has 1 N–H and O–H groups in total. The van der Waals surface area contributed by atoms with Crippen molar-refractivity contribution >= 4 is 17.3 Å². The third-order valence-corrected chi connectivity index (χ3v) is 4.01. The summed E-state index contributed by atoms with van der Waals surface area (Å²) in [6.45, 7) is 4.30. The Hall–Kier alpha value is -2.47. The Morgan fingerprint density at radius 3 is 2.58 bits per heavy atom. The lowest BCUT2D eigenvalue weighted by Gasteiger charge is -2.35. The summed E-state index contributed by atoms with van der Waals surface area (Å²) in [5.41, 5.74) is 1.71. The summed E-state index contributed by atoms with van der Waals surface area (Å²) in [4.78, 5) is 14.3. The minimum Gasteiger partial charge on any atom is -0.377 e. The summed E-state index contributed by atoms with van der Waals surface area (Å²) in [6, 6.07) is 10.8. The number of carbonyl (C=O) groups excluding carboxylic acids is 1. The third-order valence-electron chi connectivity index (χ3n) is 4.01. The van der Waals surface area contributed by atoms with Crippen LogP contribution < -0.4 is 10.2 Å². The van der Waals surface area contributed by atoms with Crippen LogP contribution in [0.1, 0.15) is 17.3 Å². The van der Waals surface area contributed by atoms with Crippen LogP contribution in [0.15, 0.2) is 42.5 Å². The van der Waals surface area contributed by atoms with E-state index >= 15 is 0 Å². The number of rotatable bonds is 3. The van der Waals surface area contributed by atoms with Crippen molar-refractivity contribution in [2.24, 2.45) is 0 Å². The van der Waals surface area contributed by atoms with Crippen molar-refractivity contribution in [3.63, 3.8) is 0 Å². The molecule has 1 fully saturated rings. The molecule has 0 spiro atoms. The fourth-order valence-corrected chi connectivity index (χ4v) is 2.69. The topological polar surface area (TPSA) is 41.6 Å². The van der Waals surface area contributed by atoms with E-state index in [1.54, 1.807) is 12.1 Å². The number of hydrogen-bond donors (Lipinski definition) is 1. The zero-order valence-electron chi connectivity index (χ0n) is 13.3. The van der Waals surface area contributed by atoms with Crippen molar-refractivity contribution in [1.29, 1.82) is 0 Å². The average Bonchev–Trinajstić information content (AvgIpc) is 2.58. The highest BCUT2D eigenvalue weighted by molar-refractivity contribution is 6.04. The van der Waals surface area contributed by atoms with Crippen LogP contribution in [0, 0.1) is 11.6 Å². The van der Waals surface area contributed by atoms with Crippen molar-refractivity contribution in [1.82, 2.24) is 0 Å².